The minimum atomic E-state index is -4.64. The van der Waals surface area contributed by atoms with Gasteiger partial charge in [-0.1, -0.05) is 11.6 Å². The molecular weight excluding hydrogens is 355 g/mol. The van der Waals surface area contributed by atoms with Crippen LogP contribution in [-0.2, 0) is 11.0 Å². The zero-order valence-electron chi connectivity index (χ0n) is 12.0. The third-order valence-electron chi connectivity index (χ3n) is 2.78. The molecule has 1 rings (SSSR count). The highest BCUT2D eigenvalue weighted by Crippen LogP contribution is 2.36. The van der Waals surface area contributed by atoms with E-state index in [2.05, 4.69) is 10.6 Å². The predicted octanol–water partition coefficient (Wildman–Crippen LogP) is 3.09. The zero-order valence-corrected chi connectivity index (χ0v) is 13.6. The van der Waals surface area contributed by atoms with Crippen molar-refractivity contribution in [2.24, 2.45) is 5.73 Å². The lowest BCUT2D eigenvalue weighted by molar-refractivity contribution is -0.137. The molecule has 0 aromatic heterocycles. The van der Waals surface area contributed by atoms with Gasteiger partial charge in [-0.2, -0.15) is 24.9 Å². The predicted molar refractivity (Wildman–Crippen MR) is 84.6 cm³/mol. The fraction of sp³-hybridized carbons (Fsp3) is 0.385. The first-order valence-corrected chi connectivity index (χ1v) is 8.15. The van der Waals surface area contributed by atoms with Crippen molar-refractivity contribution >= 4 is 41.0 Å². The molecule has 0 saturated carbocycles. The van der Waals surface area contributed by atoms with Crippen molar-refractivity contribution in [3.8, 4) is 0 Å². The average molecular weight is 370 g/mol. The minimum absolute atomic E-state index is 0.0767. The van der Waals surface area contributed by atoms with Gasteiger partial charge >= 0.3 is 12.2 Å². The fourth-order valence-electron chi connectivity index (χ4n) is 1.73. The van der Waals surface area contributed by atoms with Crippen LogP contribution in [0.15, 0.2) is 18.2 Å². The van der Waals surface area contributed by atoms with Crippen LogP contribution >= 0.6 is 23.4 Å². The fourth-order valence-corrected chi connectivity index (χ4v) is 2.42. The van der Waals surface area contributed by atoms with Crippen molar-refractivity contribution in [1.29, 1.82) is 0 Å². The Kier molecular flexibility index (Phi) is 7.01. The number of alkyl halides is 3. The van der Waals surface area contributed by atoms with Crippen molar-refractivity contribution in [2.45, 2.75) is 18.6 Å². The molecule has 5 nitrogen and oxygen atoms in total. The molecule has 0 fully saturated rings. The van der Waals surface area contributed by atoms with Gasteiger partial charge in [0, 0.05) is 5.69 Å². The third kappa shape index (κ3) is 6.19. The van der Waals surface area contributed by atoms with E-state index in [-0.39, 0.29) is 12.1 Å². The van der Waals surface area contributed by atoms with Crippen molar-refractivity contribution in [3.63, 3.8) is 0 Å². The molecule has 0 aliphatic heterocycles. The second-order valence-corrected chi connectivity index (χ2v) is 5.92. The Morgan fingerprint density at radius 3 is 2.57 bits per heavy atom. The molecule has 0 aliphatic carbocycles. The van der Waals surface area contributed by atoms with Crippen LogP contribution < -0.4 is 16.4 Å². The van der Waals surface area contributed by atoms with Crippen LogP contribution in [-0.4, -0.2) is 30.0 Å². The van der Waals surface area contributed by atoms with E-state index in [1.54, 1.807) is 0 Å². The first-order valence-electron chi connectivity index (χ1n) is 6.37. The molecule has 0 bridgehead atoms. The quantitative estimate of drug-likeness (QED) is 0.720. The molecule has 0 heterocycles. The molecule has 0 spiro atoms. The van der Waals surface area contributed by atoms with Crippen molar-refractivity contribution < 1.29 is 22.8 Å². The Morgan fingerprint density at radius 2 is 2.04 bits per heavy atom. The van der Waals surface area contributed by atoms with Gasteiger partial charge in [-0.05, 0) is 36.6 Å². The summed E-state index contributed by atoms with van der Waals surface area (Å²) in [5.41, 5.74) is 3.86. The van der Waals surface area contributed by atoms with E-state index in [4.69, 9.17) is 17.3 Å². The van der Waals surface area contributed by atoms with Crippen molar-refractivity contribution in [2.75, 3.05) is 17.3 Å². The van der Waals surface area contributed by atoms with Crippen molar-refractivity contribution in [3.05, 3.63) is 28.8 Å². The number of primary amides is 1. The number of carbonyl (C=O) groups excluding carboxylic acids is 2. The summed E-state index contributed by atoms with van der Waals surface area (Å²) >= 11 is 6.96. The normalized spacial score (nSPS) is 12.6. The van der Waals surface area contributed by atoms with E-state index in [0.29, 0.717) is 5.75 Å². The molecule has 1 unspecified atom stereocenters. The number of nitrogens with one attached hydrogen (secondary N) is 2. The molecule has 1 aromatic rings. The molecule has 128 valence electrons. The Labute approximate surface area is 140 Å². The summed E-state index contributed by atoms with van der Waals surface area (Å²) in [6.07, 6.45) is -2.54. The van der Waals surface area contributed by atoms with Crippen LogP contribution in [0.5, 0.6) is 0 Å². The largest absolute Gasteiger partial charge is 0.417 e. The third-order valence-corrected chi connectivity index (χ3v) is 3.76. The molecular formula is C13H15ClF3N3O2S. The minimum Gasteiger partial charge on any atom is -0.352 e. The SMILES string of the molecule is CSCCC(NC(N)=O)C(=O)Nc1ccc(Cl)c(C(F)(F)F)c1. The van der Waals surface area contributed by atoms with Crippen LogP contribution in [0.4, 0.5) is 23.7 Å². The van der Waals surface area contributed by atoms with E-state index >= 15 is 0 Å². The highest BCUT2D eigenvalue weighted by atomic mass is 35.5. The van der Waals surface area contributed by atoms with Crippen LogP contribution in [0.2, 0.25) is 5.02 Å². The number of carbonyl (C=O) groups is 2. The summed E-state index contributed by atoms with van der Waals surface area (Å²) in [4.78, 5) is 23.0. The lowest BCUT2D eigenvalue weighted by Crippen LogP contribution is -2.46. The summed E-state index contributed by atoms with van der Waals surface area (Å²) in [5, 5.41) is 4.11. The number of hydrogen-bond donors (Lipinski definition) is 3. The number of anilines is 1. The number of halogens is 4. The summed E-state index contributed by atoms with van der Waals surface area (Å²) in [6, 6.07) is 1.18. The lowest BCUT2D eigenvalue weighted by Gasteiger charge is -2.17. The lowest BCUT2D eigenvalue weighted by atomic mass is 10.1. The molecule has 1 atom stereocenters. The molecule has 0 saturated heterocycles. The van der Waals surface area contributed by atoms with Gasteiger partial charge in [0.2, 0.25) is 5.91 Å². The summed E-state index contributed by atoms with van der Waals surface area (Å²) < 4.78 is 38.4. The van der Waals surface area contributed by atoms with Gasteiger partial charge in [-0.15, -0.1) is 0 Å². The number of amides is 3. The maximum atomic E-state index is 12.8. The molecule has 0 aliphatic rings. The van der Waals surface area contributed by atoms with Crippen LogP contribution in [0.3, 0.4) is 0 Å². The van der Waals surface area contributed by atoms with Crippen molar-refractivity contribution in [1.82, 2.24) is 5.32 Å². The van der Waals surface area contributed by atoms with E-state index in [0.717, 1.165) is 12.1 Å². The van der Waals surface area contributed by atoms with E-state index < -0.39 is 34.7 Å². The Morgan fingerprint density at radius 1 is 1.39 bits per heavy atom. The summed E-state index contributed by atoms with van der Waals surface area (Å²) in [5.74, 6) is -0.0967. The number of nitrogens with two attached hydrogens (primary N) is 1. The molecule has 0 radical (unpaired) electrons. The van der Waals surface area contributed by atoms with Gasteiger partial charge in [0.1, 0.15) is 6.04 Å². The molecule has 1 aromatic carbocycles. The van der Waals surface area contributed by atoms with E-state index in [1.165, 1.54) is 17.8 Å². The Bertz CT molecular complexity index is 584. The maximum Gasteiger partial charge on any atom is 0.417 e. The standard InChI is InChI=1S/C13H15ClF3N3O2S/c1-23-5-4-10(20-12(18)22)11(21)19-7-2-3-9(14)8(6-7)13(15,16)17/h2-3,6,10H,4-5H2,1H3,(H,19,21)(H3,18,20,22). The van der Waals surface area contributed by atoms with Gasteiger partial charge in [0.25, 0.3) is 0 Å². The van der Waals surface area contributed by atoms with Crippen LogP contribution in [0, 0.1) is 0 Å². The van der Waals surface area contributed by atoms with Crippen LogP contribution in [0.25, 0.3) is 0 Å². The van der Waals surface area contributed by atoms with E-state index in [9.17, 15) is 22.8 Å². The summed E-state index contributed by atoms with van der Waals surface area (Å²) in [6.45, 7) is 0. The molecule has 3 amide bonds. The second-order valence-electron chi connectivity index (χ2n) is 4.52. The molecule has 4 N–H and O–H groups in total. The maximum absolute atomic E-state index is 12.8. The highest BCUT2D eigenvalue weighted by molar-refractivity contribution is 7.98. The van der Waals surface area contributed by atoms with E-state index in [1.807, 2.05) is 6.26 Å². The van der Waals surface area contributed by atoms with Gasteiger partial charge < -0.3 is 16.4 Å². The second kappa shape index (κ2) is 8.30. The molecule has 23 heavy (non-hydrogen) atoms. The van der Waals surface area contributed by atoms with Gasteiger partial charge in [-0.3, -0.25) is 4.79 Å². The number of thioether (sulfide) groups is 1. The number of urea groups is 1. The first kappa shape index (κ1) is 19.4. The number of benzene rings is 1. The van der Waals surface area contributed by atoms with Gasteiger partial charge in [0.15, 0.2) is 0 Å². The smallest absolute Gasteiger partial charge is 0.352 e. The Balaban J connectivity index is 2.91. The highest BCUT2D eigenvalue weighted by Gasteiger charge is 2.33. The average Bonchev–Trinajstić information content (AvgIpc) is 2.43. The number of rotatable bonds is 6. The molecule has 10 heteroatoms. The van der Waals surface area contributed by atoms with Gasteiger partial charge in [-0.25, -0.2) is 4.79 Å². The first-order chi connectivity index (χ1) is 10.6. The Hall–Kier alpha value is -1.61. The zero-order chi connectivity index (χ0) is 17.6. The topological polar surface area (TPSA) is 84.2 Å². The number of hydrogen-bond acceptors (Lipinski definition) is 3. The summed E-state index contributed by atoms with van der Waals surface area (Å²) in [7, 11) is 0. The van der Waals surface area contributed by atoms with Crippen LogP contribution in [0.1, 0.15) is 12.0 Å². The monoisotopic (exact) mass is 369 g/mol. The van der Waals surface area contributed by atoms with Gasteiger partial charge in [0.05, 0.1) is 10.6 Å².